The van der Waals surface area contributed by atoms with Gasteiger partial charge in [0.05, 0.1) is 12.5 Å². The number of rotatable bonds is 5. The topological polar surface area (TPSA) is 101 Å². The molecule has 0 bridgehead atoms. The molecular weight excluding hydrogens is 210 g/mol. The van der Waals surface area contributed by atoms with E-state index in [0.717, 1.165) is 0 Å². The van der Waals surface area contributed by atoms with Gasteiger partial charge in [0, 0.05) is 0 Å². The molecule has 86 valence electrons. The maximum absolute atomic E-state index is 11.0. The van der Waals surface area contributed by atoms with Gasteiger partial charge >= 0.3 is 5.97 Å². The molecule has 16 heavy (non-hydrogen) atoms. The van der Waals surface area contributed by atoms with Gasteiger partial charge < -0.3 is 20.7 Å². The van der Waals surface area contributed by atoms with Crippen molar-refractivity contribution in [2.45, 2.75) is 11.5 Å². The molecule has 1 rings (SSSR count). The van der Waals surface area contributed by atoms with Crippen LogP contribution in [0.15, 0.2) is 30.3 Å². The van der Waals surface area contributed by atoms with Crippen LogP contribution in [0.2, 0.25) is 0 Å². The van der Waals surface area contributed by atoms with Gasteiger partial charge in [0.2, 0.25) is 0 Å². The van der Waals surface area contributed by atoms with Gasteiger partial charge in [0.25, 0.3) is 0 Å². The van der Waals surface area contributed by atoms with Gasteiger partial charge in [-0.3, -0.25) is 4.79 Å². The molecule has 1 aromatic rings. The third kappa shape index (κ3) is 2.10. The number of aliphatic carboxylic acids is 1. The lowest BCUT2D eigenvalue weighted by Crippen LogP contribution is -2.56. The number of benzene rings is 1. The number of aldehydes is 1. The first-order valence-electron chi connectivity index (χ1n) is 4.69. The van der Waals surface area contributed by atoms with E-state index >= 15 is 0 Å². The lowest BCUT2D eigenvalue weighted by atomic mass is 9.81. The molecule has 5 heteroatoms. The summed E-state index contributed by atoms with van der Waals surface area (Å²) in [6.07, 6.45) is 0.444. The molecule has 0 aliphatic rings. The summed E-state index contributed by atoms with van der Waals surface area (Å²) in [6, 6.07) is 8.28. The van der Waals surface area contributed by atoms with Crippen molar-refractivity contribution in [2.75, 3.05) is 6.61 Å². The first-order valence-corrected chi connectivity index (χ1v) is 4.69. The molecule has 2 atom stereocenters. The fourth-order valence-corrected chi connectivity index (χ4v) is 1.46. The Labute approximate surface area is 92.5 Å². The fraction of sp³-hybridized carbons (Fsp3) is 0.273. The second-order valence-electron chi connectivity index (χ2n) is 3.53. The monoisotopic (exact) mass is 223 g/mol. The van der Waals surface area contributed by atoms with Crippen LogP contribution in [0.1, 0.15) is 11.5 Å². The Balaban J connectivity index is 3.16. The smallest absolute Gasteiger partial charge is 0.327 e. The molecule has 0 heterocycles. The molecule has 0 radical (unpaired) electrons. The third-order valence-electron chi connectivity index (χ3n) is 2.51. The van der Waals surface area contributed by atoms with Crippen molar-refractivity contribution in [1.29, 1.82) is 0 Å². The molecule has 0 aromatic heterocycles. The normalized spacial score (nSPS) is 16.1. The molecule has 4 N–H and O–H groups in total. The van der Waals surface area contributed by atoms with Gasteiger partial charge in [-0.15, -0.1) is 0 Å². The van der Waals surface area contributed by atoms with Crippen LogP contribution < -0.4 is 5.73 Å². The minimum absolute atomic E-state index is 0.444. The average molecular weight is 223 g/mol. The average Bonchev–Trinajstić information content (AvgIpc) is 2.30. The molecule has 2 unspecified atom stereocenters. The largest absolute Gasteiger partial charge is 0.480 e. The highest BCUT2D eigenvalue weighted by Gasteiger charge is 2.42. The summed E-state index contributed by atoms with van der Waals surface area (Å²) >= 11 is 0. The van der Waals surface area contributed by atoms with Crippen LogP contribution in [0.25, 0.3) is 0 Å². The van der Waals surface area contributed by atoms with Crippen molar-refractivity contribution in [1.82, 2.24) is 0 Å². The van der Waals surface area contributed by atoms with Gasteiger partial charge in [-0.05, 0) is 5.56 Å². The van der Waals surface area contributed by atoms with E-state index in [1.54, 1.807) is 30.3 Å². The first kappa shape index (κ1) is 12.4. The van der Waals surface area contributed by atoms with Gasteiger partial charge in [-0.1, -0.05) is 30.3 Å². The zero-order chi connectivity index (χ0) is 12.2. The number of carbonyl (C=O) groups is 2. The highest BCUT2D eigenvalue weighted by molar-refractivity contribution is 5.86. The molecule has 0 saturated heterocycles. The molecule has 0 amide bonds. The van der Waals surface area contributed by atoms with Crippen molar-refractivity contribution < 1.29 is 19.8 Å². The summed E-state index contributed by atoms with van der Waals surface area (Å²) in [4.78, 5) is 21.9. The van der Waals surface area contributed by atoms with Crippen LogP contribution in [0, 0.1) is 0 Å². The summed E-state index contributed by atoms with van der Waals surface area (Å²) in [5.41, 5.74) is 4.03. The minimum atomic E-state index is -1.98. The fourth-order valence-electron chi connectivity index (χ4n) is 1.46. The van der Waals surface area contributed by atoms with E-state index in [9.17, 15) is 9.59 Å². The minimum Gasteiger partial charge on any atom is -0.480 e. The van der Waals surface area contributed by atoms with Crippen LogP contribution in [-0.4, -0.2) is 34.6 Å². The van der Waals surface area contributed by atoms with Crippen molar-refractivity contribution in [2.24, 2.45) is 5.73 Å². The number of aliphatic hydroxyl groups is 1. The Morgan fingerprint density at radius 2 is 2.00 bits per heavy atom. The Kier molecular flexibility index (Phi) is 3.76. The predicted octanol–water partition coefficient (Wildman–Crippen LogP) is -0.256. The SMILES string of the molecule is NC(CO)(C(=O)O)C(C=O)c1ccccc1. The molecule has 0 aliphatic heterocycles. The van der Waals surface area contributed by atoms with Gasteiger partial charge in [-0.2, -0.15) is 0 Å². The van der Waals surface area contributed by atoms with Crippen LogP contribution in [-0.2, 0) is 9.59 Å². The molecule has 5 nitrogen and oxygen atoms in total. The second kappa shape index (κ2) is 4.87. The molecule has 1 aromatic carbocycles. The van der Waals surface area contributed by atoms with E-state index in [0.29, 0.717) is 11.8 Å². The van der Waals surface area contributed by atoms with Crippen molar-refractivity contribution in [3.8, 4) is 0 Å². The van der Waals surface area contributed by atoms with E-state index in [1.165, 1.54) is 0 Å². The van der Waals surface area contributed by atoms with Crippen molar-refractivity contribution >= 4 is 12.3 Å². The Hall–Kier alpha value is -1.72. The van der Waals surface area contributed by atoms with Crippen molar-refractivity contribution in [3.05, 3.63) is 35.9 Å². The highest BCUT2D eigenvalue weighted by Crippen LogP contribution is 2.24. The number of carboxylic acid groups (broad SMARTS) is 1. The second-order valence-corrected chi connectivity index (χ2v) is 3.53. The van der Waals surface area contributed by atoms with E-state index in [1.807, 2.05) is 0 Å². The highest BCUT2D eigenvalue weighted by atomic mass is 16.4. The zero-order valence-electron chi connectivity index (χ0n) is 8.54. The summed E-state index contributed by atoms with van der Waals surface area (Å²) in [6.45, 7) is -0.805. The van der Waals surface area contributed by atoms with E-state index in [4.69, 9.17) is 15.9 Å². The van der Waals surface area contributed by atoms with Crippen LogP contribution in [0.4, 0.5) is 0 Å². The Morgan fingerprint density at radius 1 is 1.44 bits per heavy atom. The lowest BCUT2D eigenvalue weighted by molar-refractivity contribution is -0.147. The van der Waals surface area contributed by atoms with Crippen LogP contribution in [0.3, 0.4) is 0 Å². The molecule has 0 aliphatic carbocycles. The molecule has 0 fully saturated rings. The Morgan fingerprint density at radius 3 is 2.38 bits per heavy atom. The Bertz CT molecular complexity index is 379. The standard InChI is InChI=1S/C11H13NO4/c12-11(7-14,10(15)16)9(6-13)8-4-2-1-3-5-8/h1-6,9,14H,7,12H2,(H,15,16). The van der Waals surface area contributed by atoms with E-state index in [-0.39, 0.29) is 0 Å². The number of aliphatic hydroxyl groups excluding tert-OH is 1. The van der Waals surface area contributed by atoms with Gasteiger partial charge in [0.1, 0.15) is 6.29 Å². The number of carboxylic acids is 1. The maximum atomic E-state index is 11.0. The van der Waals surface area contributed by atoms with Crippen molar-refractivity contribution in [3.63, 3.8) is 0 Å². The van der Waals surface area contributed by atoms with E-state index < -0.39 is 24.0 Å². The van der Waals surface area contributed by atoms with Gasteiger partial charge in [-0.25, -0.2) is 0 Å². The predicted molar refractivity (Wildman–Crippen MR) is 56.9 cm³/mol. The van der Waals surface area contributed by atoms with Crippen LogP contribution >= 0.6 is 0 Å². The first-order chi connectivity index (χ1) is 7.56. The molecule has 0 saturated carbocycles. The lowest BCUT2D eigenvalue weighted by Gasteiger charge is -2.28. The molecular formula is C11H13NO4. The quantitative estimate of drug-likeness (QED) is 0.597. The summed E-state index contributed by atoms with van der Waals surface area (Å²) in [5, 5.41) is 18.0. The summed E-state index contributed by atoms with van der Waals surface area (Å²) < 4.78 is 0. The number of hydrogen-bond donors (Lipinski definition) is 3. The number of hydrogen-bond acceptors (Lipinski definition) is 4. The van der Waals surface area contributed by atoms with E-state index in [2.05, 4.69) is 0 Å². The van der Waals surface area contributed by atoms with Crippen LogP contribution in [0.5, 0.6) is 0 Å². The molecule has 0 spiro atoms. The summed E-state index contributed by atoms with van der Waals surface area (Å²) in [7, 11) is 0. The summed E-state index contributed by atoms with van der Waals surface area (Å²) in [5.74, 6) is -2.48. The number of carbonyl (C=O) groups excluding carboxylic acids is 1. The third-order valence-corrected chi connectivity index (χ3v) is 2.51. The zero-order valence-corrected chi connectivity index (χ0v) is 8.54. The maximum Gasteiger partial charge on any atom is 0.327 e. The van der Waals surface area contributed by atoms with Gasteiger partial charge in [0.15, 0.2) is 5.54 Å². The number of nitrogens with two attached hydrogens (primary N) is 1.